The molecule has 0 aromatic heterocycles. The van der Waals surface area contributed by atoms with Crippen molar-refractivity contribution in [1.82, 2.24) is 25.8 Å². The Morgan fingerprint density at radius 1 is 0.938 bits per heavy atom. The summed E-state index contributed by atoms with van der Waals surface area (Å²) in [7, 11) is 1.28. The standard InChI is InChI=1S/C34H51N5O8S/c1-7-21(2)27(31(43)39-18-12-16-26(39)32(44)46-6)37-28(41)24(20-40)35-29(48)25-15-11-17-38(25)30(42)23(19-22-13-9-8-10-14-22)36-33(45)47-34(3,4)5/h8-10,13-14,21,23-27,40H,7,11-12,15-20H2,1-6H3,(H,35,48)(H,36,45)(H,37,41)/t21-,23-,24-,25-,26-,27-/m0/s1. The molecule has 2 aliphatic heterocycles. The summed E-state index contributed by atoms with van der Waals surface area (Å²) in [6.45, 7) is 9.06. The quantitative estimate of drug-likeness (QED) is 0.178. The second-order valence-corrected chi connectivity index (χ2v) is 13.8. The van der Waals surface area contributed by atoms with Crippen molar-refractivity contribution in [2.24, 2.45) is 5.92 Å². The molecule has 6 atom stereocenters. The maximum atomic E-state index is 14.0. The molecule has 0 unspecified atom stereocenters. The molecule has 4 amide bonds. The number of aliphatic hydroxyl groups excluding tert-OH is 1. The molecule has 0 bridgehead atoms. The molecule has 2 fully saturated rings. The van der Waals surface area contributed by atoms with E-state index in [1.54, 1.807) is 25.7 Å². The summed E-state index contributed by atoms with van der Waals surface area (Å²) in [5.74, 6) is -2.16. The number of alkyl carbamates (subject to hydrolysis) is 1. The molecule has 48 heavy (non-hydrogen) atoms. The van der Waals surface area contributed by atoms with Crippen LogP contribution in [0.2, 0.25) is 0 Å². The van der Waals surface area contributed by atoms with Crippen LogP contribution in [0.3, 0.4) is 0 Å². The highest BCUT2D eigenvalue weighted by atomic mass is 32.1. The predicted octanol–water partition coefficient (Wildman–Crippen LogP) is 2.09. The van der Waals surface area contributed by atoms with Gasteiger partial charge in [-0.1, -0.05) is 62.8 Å². The number of esters is 1. The zero-order chi connectivity index (χ0) is 35.6. The largest absolute Gasteiger partial charge is 0.467 e. The lowest BCUT2D eigenvalue weighted by atomic mass is 9.97. The van der Waals surface area contributed by atoms with Gasteiger partial charge in [0, 0.05) is 19.5 Å². The van der Waals surface area contributed by atoms with Crippen molar-refractivity contribution in [1.29, 1.82) is 0 Å². The summed E-state index contributed by atoms with van der Waals surface area (Å²) >= 11 is 5.70. The number of amides is 4. The Kier molecular flexibility index (Phi) is 14.2. The van der Waals surface area contributed by atoms with Gasteiger partial charge in [0.2, 0.25) is 17.7 Å². The van der Waals surface area contributed by atoms with Crippen LogP contribution in [0.15, 0.2) is 30.3 Å². The van der Waals surface area contributed by atoms with Crippen molar-refractivity contribution in [3.8, 4) is 0 Å². The van der Waals surface area contributed by atoms with E-state index < -0.39 is 60.4 Å². The molecule has 1 aromatic rings. The lowest BCUT2D eigenvalue weighted by Crippen LogP contribution is -2.60. The Hall–Kier alpha value is -3.78. The highest BCUT2D eigenvalue weighted by Gasteiger charge is 2.41. The Balaban J connectivity index is 1.74. The highest BCUT2D eigenvalue weighted by Crippen LogP contribution is 2.23. The van der Waals surface area contributed by atoms with E-state index in [4.69, 9.17) is 21.7 Å². The SMILES string of the molecule is CC[C@H](C)[C@H](NC(=O)[C@H](CO)NC(=S)[C@@H]1CCCN1C(=O)[C@H](Cc1ccccc1)NC(=O)OC(C)(C)C)C(=O)N1CCC[C@H]1C(=O)OC. The van der Waals surface area contributed by atoms with E-state index >= 15 is 0 Å². The second kappa shape index (κ2) is 17.6. The fraction of sp³-hybridized carbons (Fsp3) is 0.647. The van der Waals surface area contributed by atoms with Crippen molar-refractivity contribution < 1.29 is 38.6 Å². The molecule has 266 valence electrons. The van der Waals surface area contributed by atoms with E-state index in [1.807, 2.05) is 44.2 Å². The number of hydrogen-bond donors (Lipinski definition) is 4. The summed E-state index contributed by atoms with van der Waals surface area (Å²) in [6.07, 6.45) is 2.34. The Morgan fingerprint density at radius 2 is 1.54 bits per heavy atom. The normalized spacial score (nSPS) is 20.2. The number of rotatable bonds is 13. The highest BCUT2D eigenvalue weighted by molar-refractivity contribution is 7.80. The maximum absolute atomic E-state index is 14.0. The van der Waals surface area contributed by atoms with Gasteiger partial charge in [-0.3, -0.25) is 14.4 Å². The van der Waals surface area contributed by atoms with Crippen LogP contribution in [0.4, 0.5) is 4.79 Å². The van der Waals surface area contributed by atoms with Crippen LogP contribution in [0, 0.1) is 5.92 Å². The zero-order valence-electron chi connectivity index (χ0n) is 28.8. The molecule has 0 spiro atoms. The molecule has 0 aliphatic carbocycles. The van der Waals surface area contributed by atoms with Crippen molar-refractivity contribution in [3.63, 3.8) is 0 Å². The van der Waals surface area contributed by atoms with E-state index in [1.165, 1.54) is 12.0 Å². The molecule has 3 rings (SSSR count). The third kappa shape index (κ3) is 10.4. The Labute approximate surface area is 288 Å². The average molecular weight is 690 g/mol. The molecule has 1 aromatic carbocycles. The topological polar surface area (TPSA) is 167 Å². The number of carbonyl (C=O) groups is 5. The summed E-state index contributed by atoms with van der Waals surface area (Å²) < 4.78 is 10.3. The summed E-state index contributed by atoms with van der Waals surface area (Å²) in [5.41, 5.74) is 0.0832. The number of hydrogen-bond acceptors (Lipinski definition) is 9. The van der Waals surface area contributed by atoms with E-state index in [9.17, 15) is 29.1 Å². The first kappa shape index (κ1) is 38.7. The fourth-order valence-corrected chi connectivity index (χ4v) is 6.38. The number of thiocarbonyl (C=S) groups is 1. The van der Waals surface area contributed by atoms with Crippen LogP contribution >= 0.6 is 12.2 Å². The van der Waals surface area contributed by atoms with Crippen LogP contribution in [0.25, 0.3) is 0 Å². The average Bonchev–Trinajstić information content (AvgIpc) is 3.75. The molecule has 0 saturated carbocycles. The Bertz CT molecular complexity index is 1310. The first-order valence-electron chi connectivity index (χ1n) is 16.6. The molecule has 0 radical (unpaired) electrons. The lowest BCUT2D eigenvalue weighted by Gasteiger charge is -2.33. The van der Waals surface area contributed by atoms with Crippen LogP contribution in [-0.4, -0.2) is 112 Å². The van der Waals surface area contributed by atoms with Gasteiger partial charge in [0.05, 0.1) is 24.7 Å². The van der Waals surface area contributed by atoms with Gasteiger partial charge in [0.1, 0.15) is 29.8 Å². The number of likely N-dealkylation sites (tertiary alicyclic amines) is 2. The van der Waals surface area contributed by atoms with Crippen LogP contribution in [-0.2, 0) is 35.1 Å². The third-order valence-electron chi connectivity index (χ3n) is 8.71. The van der Waals surface area contributed by atoms with Crippen molar-refractivity contribution >= 4 is 47.0 Å². The molecule has 4 N–H and O–H groups in total. The van der Waals surface area contributed by atoms with E-state index in [-0.39, 0.29) is 29.1 Å². The second-order valence-electron chi connectivity index (χ2n) is 13.4. The van der Waals surface area contributed by atoms with Gasteiger partial charge in [-0.2, -0.15) is 0 Å². The van der Waals surface area contributed by atoms with Crippen molar-refractivity contribution in [3.05, 3.63) is 35.9 Å². The van der Waals surface area contributed by atoms with Gasteiger partial charge >= 0.3 is 12.1 Å². The van der Waals surface area contributed by atoms with Crippen molar-refractivity contribution in [2.45, 2.75) is 109 Å². The lowest BCUT2D eigenvalue weighted by molar-refractivity contribution is -0.152. The molecule has 13 nitrogen and oxygen atoms in total. The summed E-state index contributed by atoms with van der Waals surface area (Å²) in [5, 5.41) is 18.7. The number of aliphatic hydroxyl groups is 1. The number of ether oxygens (including phenoxy) is 2. The molecule has 2 saturated heterocycles. The molecular formula is C34H51N5O8S. The van der Waals surface area contributed by atoms with Crippen LogP contribution in [0.1, 0.15) is 72.3 Å². The predicted molar refractivity (Wildman–Crippen MR) is 183 cm³/mol. The van der Waals surface area contributed by atoms with Crippen LogP contribution in [0.5, 0.6) is 0 Å². The molecular weight excluding hydrogens is 638 g/mol. The number of benzene rings is 1. The minimum atomic E-state index is -1.20. The van der Waals surface area contributed by atoms with Gasteiger partial charge in [-0.25, -0.2) is 9.59 Å². The van der Waals surface area contributed by atoms with Gasteiger partial charge in [0.15, 0.2) is 0 Å². The zero-order valence-corrected chi connectivity index (χ0v) is 29.6. The third-order valence-corrected chi connectivity index (χ3v) is 9.10. The van der Waals surface area contributed by atoms with Gasteiger partial charge in [0.25, 0.3) is 0 Å². The molecule has 2 aliphatic rings. The maximum Gasteiger partial charge on any atom is 0.408 e. The first-order valence-corrected chi connectivity index (χ1v) is 17.0. The number of methoxy groups -OCH3 is 1. The summed E-state index contributed by atoms with van der Waals surface area (Å²) in [6, 6.07) is 4.90. The van der Waals surface area contributed by atoms with Crippen molar-refractivity contribution in [2.75, 3.05) is 26.8 Å². The Morgan fingerprint density at radius 3 is 2.10 bits per heavy atom. The molecule has 2 heterocycles. The number of nitrogens with zero attached hydrogens (tertiary/aromatic N) is 2. The van der Waals surface area contributed by atoms with Gasteiger partial charge < -0.3 is 40.3 Å². The minimum Gasteiger partial charge on any atom is -0.467 e. The number of nitrogens with one attached hydrogen (secondary N) is 3. The fourth-order valence-electron chi connectivity index (χ4n) is 5.99. The number of carbonyl (C=O) groups excluding carboxylic acids is 5. The van der Waals surface area contributed by atoms with Gasteiger partial charge in [-0.15, -0.1) is 0 Å². The van der Waals surface area contributed by atoms with E-state index in [0.29, 0.717) is 45.2 Å². The van der Waals surface area contributed by atoms with Gasteiger partial charge in [-0.05, 0) is 57.9 Å². The van der Waals surface area contributed by atoms with E-state index in [0.717, 1.165) is 5.56 Å². The monoisotopic (exact) mass is 689 g/mol. The first-order chi connectivity index (χ1) is 22.7. The summed E-state index contributed by atoms with van der Waals surface area (Å²) in [4.78, 5) is 69.4. The molecule has 14 heteroatoms. The van der Waals surface area contributed by atoms with Crippen LogP contribution < -0.4 is 16.0 Å². The minimum absolute atomic E-state index is 0.183. The smallest absolute Gasteiger partial charge is 0.408 e. The van der Waals surface area contributed by atoms with E-state index in [2.05, 4.69) is 16.0 Å².